The van der Waals surface area contributed by atoms with E-state index in [0.717, 1.165) is 5.56 Å². The van der Waals surface area contributed by atoms with Crippen molar-refractivity contribution in [3.8, 4) is 0 Å². The second-order valence-corrected chi connectivity index (χ2v) is 6.70. The number of carbonyl (C=O) groups excluding carboxylic acids is 2. The van der Waals surface area contributed by atoms with Gasteiger partial charge in [0.25, 0.3) is 0 Å². The van der Waals surface area contributed by atoms with Crippen molar-refractivity contribution in [2.24, 2.45) is 11.8 Å². The average Bonchev–Trinajstić information content (AvgIpc) is 2.83. The molecule has 4 aliphatic rings. The number of rotatable bonds is 1. The Bertz CT molecular complexity index is 723. The summed E-state index contributed by atoms with van der Waals surface area (Å²) in [7, 11) is 0. The zero-order valence-corrected chi connectivity index (χ0v) is 12.0. The zero-order valence-electron chi connectivity index (χ0n) is 10.5. The molecule has 4 saturated heterocycles. The van der Waals surface area contributed by atoms with E-state index in [1.807, 2.05) is 6.07 Å². The van der Waals surface area contributed by atoms with E-state index in [9.17, 15) is 9.59 Å². The van der Waals surface area contributed by atoms with Crippen molar-refractivity contribution < 1.29 is 19.1 Å². The molecule has 1 N–H and O–H groups in total. The minimum atomic E-state index is -0.665. The van der Waals surface area contributed by atoms with E-state index >= 15 is 0 Å². The largest absolute Gasteiger partial charge is 0.367 e. The van der Waals surface area contributed by atoms with Gasteiger partial charge in [-0.3, -0.25) is 14.9 Å². The summed E-state index contributed by atoms with van der Waals surface area (Å²) in [5.41, 5.74) is 0.183. The third-order valence-corrected chi connectivity index (χ3v) is 5.74. The van der Waals surface area contributed by atoms with Crippen LogP contribution in [0.25, 0.3) is 0 Å². The highest BCUT2D eigenvalue weighted by Gasteiger charge is 2.82. The number of hydrogen-bond acceptors (Lipinski definition) is 4. The van der Waals surface area contributed by atoms with E-state index in [0.29, 0.717) is 10.0 Å². The Balaban J connectivity index is 1.60. The highest BCUT2D eigenvalue weighted by molar-refractivity contribution is 6.42. The van der Waals surface area contributed by atoms with Crippen LogP contribution in [0.15, 0.2) is 18.2 Å². The molecule has 4 aliphatic heterocycles. The van der Waals surface area contributed by atoms with Gasteiger partial charge in [-0.05, 0) is 17.7 Å². The lowest BCUT2D eigenvalue weighted by Crippen LogP contribution is -2.40. The topological polar surface area (TPSA) is 67.9 Å². The quantitative estimate of drug-likeness (QED) is 0.623. The Morgan fingerprint density at radius 3 is 2.57 bits per heavy atom. The number of carbonyl (C=O) groups is 2. The van der Waals surface area contributed by atoms with E-state index in [1.165, 1.54) is 0 Å². The molecular weight excluding hydrogens is 317 g/mol. The number of hydrogen-bond donors (Lipinski definition) is 1. The molecule has 5 nitrogen and oxygen atoms in total. The van der Waals surface area contributed by atoms with Gasteiger partial charge in [0.05, 0.1) is 21.9 Å². The Kier molecular flexibility index (Phi) is 2.13. The minimum absolute atomic E-state index is 0.197. The van der Waals surface area contributed by atoms with Gasteiger partial charge in [-0.1, -0.05) is 29.3 Å². The van der Waals surface area contributed by atoms with Crippen molar-refractivity contribution in [1.82, 2.24) is 5.32 Å². The van der Waals surface area contributed by atoms with Crippen LogP contribution in [0.1, 0.15) is 5.56 Å². The summed E-state index contributed by atoms with van der Waals surface area (Å²) in [5.74, 6) is -1.43. The molecule has 5 rings (SSSR count). The third kappa shape index (κ3) is 1.27. The van der Waals surface area contributed by atoms with Crippen LogP contribution in [0.3, 0.4) is 0 Å². The molecule has 2 amide bonds. The molecule has 0 radical (unpaired) electrons. The van der Waals surface area contributed by atoms with Gasteiger partial charge in [0.1, 0.15) is 23.9 Å². The first-order valence-corrected chi connectivity index (χ1v) is 7.43. The number of epoxide rings is 1. The van der Waals surface area contributed by atoms with Crippen molar-refractivity contribution in [2.75, 3.05) is 0 Å². The number of imide groups is 1. The predicted molar refractivity (Wildman–Crippen MR) is 71.8 cm³/mol. The number of amides is 2. The van der Waals surface area contributed by atoms with Gasteiger partial charge < -0.3 is 9.47 Å². The second-order valence-electron chi connectivity index (χ2n) is 5.89. The van der Waals surface area contributed by atoms with Crippen molar-refractivity contribution in [3.05, 3.63) is 33.8 Å². The van der Waals surface area contributed by atoms with Gasteiger partial charge in [-0.15, -0.1) is 0 Å². The average molecular weight is 326 g/mol. The SMILES string of the molecule is O=C1NC(=O)C2C1C1OC2C2(c3ccc(Cl)c(Cl)c3)OC12. The van der Waals surface area contributed by atoms with Gasteiger partial charge in [-0.25, -0.2) is 0 Å². The van der Waals surface area contributed by atoms with Crippen molar-refractivity contribution >= 4 is 35.0 Å². The van der Waals surface area contributed by atoms with Crippen LogP contribution in [-0.4, -0.2) is 30.1 Å². The lowest BCUT2D eigenvalue weighted by Gasteiger charge is -2.23. The minimum Gasteiger partial charge on any atom is -0.367 e. The van der Waals surface area contributed by atoms with Crippen molar-refractivity contribution in [1.29, 1.82) is 0 Å². The molecule has 7 heteroatoms. The fourth-order valence-corrected chi connectivity index (χ4v) is 4.41. The summed E-state index contributed by atoms with van der Waals surface area (Å²) in [6.07, 6.45) is -1.00. The molecule has 0 aromatic heterocycles. The molecular formula is C14H9Cl2NO4. The number of benzene rings is 1. The van der Waals surface area contributed by atoms with E-state index in [-0.39, 0.29) is 24.0 Å². The van der Waals surface area contributed by atoms with E-state index < -0.39 is 23.5 Å². The fraction of sp³-hybridized carbons (Fsp3) is 0.429. The lowest BCUT2D eigenvalue weighted by molar-refractivity contribution is -0.130. The van der Waals surface area contributed by atoms with Crippen LogP contribution in [0.5, 0.6) is 0 Å². The number of nitrogens with one attached hydrogen (secondary N) is 1. The standard InChI is InChI=1S/C14H9Cl2NO4/c15-5-2-1-4(3-6(5)16)14-10-8-7(12(18)17-13(8)19)9(20-10)11(14)21-14/h1-3,7-11H,(H,17,18,19). The van der Waals surface area contributed by atoms with E-state index in [1.54, 1.807) is 12.1 Å². The van der Waals surface area contributed by atoms with Crippen LogP contribution in [0.4, 0.5) is 0 Å². The molecule has 4 fully saturated rings. The van der Waals surface area contributed by atoms with Crippen molar-refractivity contribution in [3.63, 3.8) is 0 Å². The molecule has 21 heavy (non-hydrogen) atoms. The summed E-state index contributed by atoms with van der Waals surface area (Å²) in [4.78, 5) is 23.9. The fourth-order valence-electron chi connectivity index (χ4n) is 4.11. The Morgan fingerprint density at radius 1 is 1.05 bits per heavy atom. The van der Waals surface area contributed by atoms with Crippen LogP contribution < -0.4 is 5.32 Å². The maximum atomic E-state index is 12.0. The first-order chi connectivity index (χ1) is 10.0. The van der Waals surface area contributed by atoms with Gasteiger partial charge in [0.15, 0.2) is 0 Å². The van der Waals surface area contributed by atoms with Gasteiger partial charge in [0, 0.05) is 0 Å². The summed E-state index contributed by atoms with van der Waals surface area (Å²) in [6.45, 7) is 0. The Labute approximate surface area is 129 Å². The molecule has 1 aromatic carbocycles. The molecule has 1 aromatic rings. The monoisotopic (exact) mass is 325 g/mol. The van der Waals surface area contributed by atoms with Crippen molar-refractivity contribution in [2.45, 2.75) is 23.9 Å². The lowest BCUT2D eigenvalue weighted by atomic mass is 9.73. The highest BCUT2D eigenvalue weighted by atomic mass is 35.5. The summed E-state index contributed by atoms with van der Waals surface area (Å²) in [5, 5.41) is 3.29. The molecule has 0 aliphatic carbocycles. The van der Waals surface area contributed by atoms with E-state index in [4.69, 9.17) is 32.7 Å². The molecule has 108 valence electrons. The normalized spacial score (nSPS) is 45.5. The predicted octanol–water partition coefficient (Wildman–Crippen LogP) is 1.26. The third-order valence-electron chi connectivity index (χ3n) is 5.00. The molecule has 6 unspecified atom stereocenters. The summed E-state index contributed by atoms with van der Waals surface area (Å²) < 4.78 is 11.8. The van der Waals surface area contributed by atoms with Gasteiger partial charge >= 0.3 is 0 Å². The number of fused-ring (bicyclic) bond motifs is 8. The molecule has 0 spiro atoms. The maximum absolute atomic E-state index is 12.0. The molecule has 4 heterocycles. The smallest absolute Gasteiger partial charge is 0.233 e. The van der Waals surface area contributed by atoms with Crippen LogP contribution in [0.2, 0.25) is 10.0 Å². The summed E-state index contributed by atoms with van der Waals surface area (Å²) in [6, 6.07) is 5.29. The summed E-state index contributed by atoms with van der Waals surface area (Å²) >= 11 is 12.0. The van der Waals surface area contributed by atoms with Crippen LogP contribution >= 0.6 is 23.2 Å². The first kappa shape index (κ1) is 12.4. The Hall–Kier alpha value is -1.14. The zero-order chi connectivity index (χ0) is 14.5. The Morgan fingerprint density at radius 2 is 1.81 bits per heavy atom. The van der Waals surface area contributed by atoms with Gasteiger partial charge in [0.2, 0.25) is 11.8 Å². The van der Waals surface area contributed by atoms with E-state index in [2.05, 4.69) is 5.32 Å². The highest BCUT2D eigenvalue weighted by Crippen LogP contribution is 2.67. The van der Waals surface area contributed by atoms with Gasteiger partial charge in [-0.2, -0.15) is 0 Å². The number of halogens is 2. The maximum Gasteiger partial charge on any atom is 0.233 e. The van der Waals surface area contributed by atoms with Crippen LogP contribution in [0, 0.1) is 11.8 Å². The van der Waals surface area contributed by atoms with Crippen LogP contribution in [-0.2, 0) is 24.7 Å². The molecule has 0 saturated carbocycles. The molecule has 2 bridgehead atoms. The molecule has 6 atom stereocenters. The second kappa shape index (κ2) is 3.60. The first-order valence-electron chi connectivity index (χ1n) is 6.67. The number of ether oxygens (including phenoxy) is 2.